The fraction of sp³-hybridized carbons (Fsp3) is 0. The SMILES string of the molecule is c1ccc(-c2cc(-c3ccccc3)nc(-c3cc4c5ccccc5oc4c4c5c6ccccc6ccc5n(-c5ccccc5)c34)n2)cc1. The van der Waals surface area contributed by atoms with E-state index in [4.69, 9.17) is 14.4 Å². The molecule has 0 N–H and O–H groups in total. The van der Waals surface area contributed by atoms with E-state index >= 15 is 0 Å². The van der Waals surface area contributed by atoms with Crippen LogP contribution >= 0.6 is 0 Å². The Morgan fingerprint density at radius 2 is 1.08 bits per heavy atom. The molecule has 3 heterocycles. The topological polar surface area (TPSA) is 43.9 Å². The lowest BCUT2D eigenvalue weighted by molar-refractivity contribution is 0.673. The smallest absolute Gasteiger partial charge is 0.162 e. The minimum Gasteiger partial charge on any atom is -0.455 e. The van der Waals surface area contributed by atoms with E-state index in [0.29, 0.717) is 5.82 Å². The zero-order chi connectivity index (χ0) is 31.6. The fourth-order valence-corrected chi connectivity index (χ4v) is 7.24. The first-order valence-corrected chi connectivity index (χ1v) is 16.2. The van der Waals surface area contributed by atoms with Crippen molar-refractivity contribution in [2.75, 3.05) is 0 Å². The van der Waals surface area contributed by atoms with Gasteiger partial charge in [0, 0.05) is 38.5 Å². The van der Waals surface area contributed by atoms with Gasteiger partial charge in [-0.15, -0.1) is 0 Å². The normalized spacial score (nSPS) is 11.8. The summed E-state index contributed by atoms with van der Waals surface area (Å²) in [7, 11) is 0. The van der Waals surface area contributed by atoms with Crippen LogP contribution in [0.3, 0.4) is 0 Å². The van der Waals surface area contributed by atoms with Gasteiger partial charge in [-0.2, -0.15) is 0 Å². The summed E-state index contributed by atoms with van der Waals surface area (Å²) in [6, 6.07) is 57.0. The summed E-state index contributed by atoms with van der Waals surface area (Å²) >= 11 is 0. The molecule has 4 nitrogen and oxygen atoms in total. The maximum atomic E-state index is 6.79. The third-order valence-electron chi connectivity index (χ3n) is 9.38. The van der Waals surface area contributed by atoms with E-state index in [0.717, 1.165) is 77.5 Å². The highest BCUT2D eigenvalue weighted by atomic mass is 16.3. The lowest BCUT2D eigenvalue weighted by Crippen LogP contribution is -1.99. The molecule has 0 radical (unpaired) electrons. The van der Waals surface area contributed by atoms with Crippen LogP contribution in [-0.2, 0) is 0 Å². The molecule has 224 valence electrons. The number of nitrogens with zero attached hydrogens (tertiary/aromatic N) is 3. The lowest BCUT2D eigenvalue weighted by atomic mass is 9.99. The van der Waals surface area contributed by atoms with Gasteiger partial charge >= 0.3 is 0 Å². The van der Waals surface area contributed by atoms with Gasteiger partial charge in [0.05, 0.1) is 27.8 Å². The maximum Gasteiger partial charge on any atom is 0.162 e. The molecule has 48 heavy (non-hydrogen) atoms. The average Bonchev–Trinajstić information content (AvgIpc) is 3.72. The first-order valence-electron chi connectivity index (χ1n) is 16.2. The zero-order valence-corrected chi connectivity index (χ0v) is 25.8. The second-order valence-corrected chi connectivity index (χ2v) is 12.2. The molecule has 0 amide bonds. The van der Waals surface area contributed by atoms with Crippen molar-refractivity contribution in [1.82, 2.24) is 14.5 Å². The third kappa shape index (κ3) is 4.03. The summed E-state index contributed by atoms with van der Waals surface area (Å²) in [6.07, 6.45) is 0. The summed E-state index contributed by atoms with van der Waals surface area (Å²) in [5.74, 6) is 0.664. The largest absolute Gasteiger partial charge is 0.455 e. The maximum absolute atomic E-state index is 6.79. The Hall–Kier alpha value is -6.52. The van der Waals surface area contributed by atoms with Crippen molar-refractivity contribution in [2.45, 2.75) is 0 Å². The van der Waals surface area contributed by atoms with E-state index < -0.39 is 0 Å². The second kappa shape index (κ2) is 10.5. The van der Waals surface area contributed by atoms with Crippen LogP contribution in [-0.4, -0.2) is 14.5 Å². The molecule has 3 aromatic heterocycles. The Labute approximate surface area is 276 Å². The molecule has 0 aliphatic rings. The van der Waals surface area contributed by atoms with Crippen molar-refractivity contribution in [3.05, 3.63) is 164 Å². The fourth-order valence-electron chi connectivity index (χ4n) is 7.24. The Morgan fingerprint density at radius 1 is 0.479 bits per heavy atom. The van der Waals surface area contributed by atoms with Crippen LogP contribution in [0.1, 0.15) is 0 Å². The highest BCUT2D eigenvalue weighted by Gasteiger charge is 2.25. The minimum atomic E-state index is 0.664. The molecular weight excluding hydrogens is 587 g/mol. The van der Waals surface area contributed by atoms with Crippen molar-refractivity contribution >= 4 is 54.5 Å². The van der Waals surface area contributed by atoms with E-state index in [2.05, 4.69) is 150 Å². The molecule has 0 bridgehead atoms. The van der Waals surface area contributed by atoms with Crippen LogP contribution in [0.4, 0.5) is 0 Å². The van der Waals surface area contributed by atoms with Crippen LogP contribution in [0.15, 0.2) is 168 Å². The zero-order valence-electron chi connectivity index (χ0n) is 25.8. The van der Waals surface area contributed by atoms with E-state index in [9.17, 15) is 0 Å². The van der Waals surface area contributed by atoms with Crippen LogP contribution in [0.2, 0.25) is 0 Å². The Bertz CT molecular complexity index is 2760. The molecule has 10 rings (SSSR count). The number of aromatic nitrogens is 3. The van der Waals surface area contributed by atoms with Crippen molar-refractivity contribution < 1.29 is 4.42 Å². The van der Waals surface area contributed by atoms with Crippen LogP contribution in [0.25, 0.3) is 94.1 Å². The molecule has 0 atom stereocenters. The van der Waals surface area contributed by atoms with Crippen molar-refractivity contribution in [2.24, 2.45) is 0 Å². The quantitative estimate of drug-likeness (QED) is 0.198. The number of hydrogen-bond donors (Lipinski definition) is 0. The van der Waals surface area contributed by atoms with Crippen molar-refractivity contribution in [3.8, 4) is 39.6 Å². The number of rotatable bonds is 4. The number of furan rings is 1. The summed E-state index contributed by atoms with van der Waals surface area (Å²) in [6.45, 7) is 0. The van der Waals surface area contributed by atoms with Gasteiger partial charge in [0.25, 0.3) is 0 Å². The second-order valence-electron chi connectivity index (χ2n) is 12.2. The van der Waals surface area contributed by atoms with Gasteiger partial charge < -0.3 is 8.98 Å². The number of hydrogen-bond acceptors (Lipinski definition) is 3. The molecule has 0 spiro atoms. The Morgan fingerprint density at radius 3 is 1.79 bits per heavy atom. The molecule has 0 saturated heterocycles. The Balaban J connectivity index is 1.44. The van der Waals surface area contributed by atoms with Gasteiger partial charge in [-0.25, -0.2) is 9.97 Å². The number of fused-ring (bicyclic) bond motifs is 9. The van der Waals surface area contributed by atoms with Gasteiger partial charge in [-0.05, 0) is 47.2 Å². The molecule has 7 aromatic carbocycles. The summed E-state index contributed by atoms with van der Waals surface area (Å²) in [5.41, 5.74) is 9.68. The molecule has 0 unspecified atom stereocenters. The van der Waals surface area contributed by atoms with Crippen molar-refractivity contribution in [1.29, 1.82) is 0 Å². The molecular formula is C44H27N3O. The highest BCUT2D eigenvalue weighted by molar-refractivity contribution is 6.32. The van der Waals surface area contributed by atoms with Gasteiger partial charge in [0.1, 0.15) is 11.2 Å². The first-order chi connectivity index (χ1) is 23.8. The van der Waals surface area contributed by atoms with Crippen LogP contribution < -0.4 is 0 Å². The third-order valence-corrected chi connectivity index (χ3v) is 9.38. The van der Waals surface area contributed by atoms with Gasteiger partial charge in [0.2, 0.25) is 0 Å². The van der Waals surface area contributed by atoms with E-state index in [1.807, 2.05) is 18.2 Å². The monoisotopic (exact) mass is 613 g/mol. The predicted molar refractivity (Wildman–Crippen MR) is 197 cm³/mol. The highest BCUT2D eigenvalue weighted by Crippen LogP contribution is 2.47. The summed E-state index contributed by atoms with van der Waals surface area (Å²) in [4.78, 5) is 10.7. The summed E-state index contributed by atoms with van der Waals surface area (Å²) in [5, 5.41) is 6.68. The predicted octanol–water partition coefficient (Wildman–Crippen LogP) is 11.6. The Kier molecular flexibility index (Phi) is 5.84. The molecule has 0 saturated carbocycles. The molecule has 10 aromatic rings. The number of benzene rings is 7. The standard InChI is InChI=1S/C44H27N3O/c1-4-15-29(16-5-1)36-27-37(30-17-6-2-7-18-30)46-44(45-36)35-26-34-33-22-12-13-23-39(33)48-43(34)41-40-32-21-11-10-14-28(32)24-25-38(40)47(42(35)41)31-19-8-3-9-20-31/h1-27H. The van der Waals surface area contributed by atoms with Crippen LogP contribution in [0, 0.1) is 0 Å². The molecule has 0 fully saturated rings. The van der Waals surface area contributed by atoms with Gasteiger partial charge in [0.15, 0.2) is 5.82 Å². The van der Waals surface area contributed by atoms with Crippen molar-refractivity contribution in [3.63, 3.8) is 0 Å². The summed E-state index contributed by atoms with van der Waals surface area (Å²) < 4.78 is 9.16. The van der Waals surface area contributed by atoms with E-state index in [-0.39, 0.29) is 0 Å². The number of para-hydroxylation sites is 2. The van der Waals surface area contributed by atoms with Gasteiger partial charge in [-0.3, -0.25) is 0 Å². The van der Waals surface area contributed by atoms with Gasteiger partial charge in [-0.1, -0.05) is 127 Å². The minimum absolute atomic E-state index is 0.664. The van der Waals surface area contributed by atoms with Crippen LogP contribution in [0.5, 0.6) is 0 Å². The molecule has 0 aliphatic carbocycles. The average molecular weight is 614 g/mol. The van der Waals surface area contributed by atoms with E-state index in [1.54, 1.807) is 0 Å². The van der Waals surface area contributed by atoms with E-state index in [1.165, 1.54) is 10.8 Å². The lowest BCUT2D eigenvalue weighted by Gasteiger charge is -2.13. The molecule has 4 heteroatoms. The molecule has 0 aliphatic heterocycles. The first kappa shape index (κ1) is 26.7.